The first-order valence-electron chi connectivity index (χ1n) is 8.62. The minimum atomic E-state index is -0.0938. The van der Waals surface area contributed by atoms with Crippen LogP contribution in [0.15, 0.2) is 48.5 Å². The number of hydrogen-bond acceptors (Lipinski definition) is 3. The number of pyridine rings is 1. The third kappa shape index (κ3) is 2.95. The lowest BCUT2D eigenvalue weighted by Crippen LogP contribution is -2.17. The molecule has 4 rings (SSSR count). The van der Waals surface area contributed by atoms with Crippen LogP contribution in [-0.4, -0.2) is 18.0 Å². The van der Waals surface area contributed by atoms with Crippen molar-refractivity contribution < 1.29 is 9.53 Å². The summed E-state index contributed by atoms with van der Waals surface area (Å²) in [4.78, 5) is 17.6. The Morgan fingerprint density at radius 2 is 1.88 bits per heavy atom. The van der Waals surface area contributed by atoms with Crippen LogP contribution >= 0.6 is 0 Å². The molecule has 0 fully saturated rings. The lowest BCUT2D eigenvalue weighted by Gasteiger charge is -2.21. The van der Waals surface area contributed by atoms with Gasteiger partial charge in [-0.05, 0) is 61.6 Å². The second-order valence-corrected chi connectivity index (χ2v) is 6.32. The predicted molar refractivity (Wildman–Crippen MR) is 99.3 cm³/mol. The average Bonchev–Trinajstić information content (AvgIpc) is 2.68. The van der Waals surface area contributed by atoms with Gasteiger partial charge in [0.25, 0.3) is 5.91 Å². The van der Waals surface area contributed by atoms with E-state index in [1.54, 1.807) is 7.11 Å². The zero-order chi connectivity index (χ0) is 17.2. The van der Waals surface area contributed by atoms with Crippen LogP contribution in [0.4, 0.5) is 5.69 Å². The van der Waals surface area contributed by atoms with Crippen molar-refractivity contribution in [1.29, 1.82) is 0 Å². The standard InChI is InChI=1S/C21H20N2O2/c1-25-15-11-12-19-17(13-15)20(16-9-5-6-10-18(16)22-19)23-21(24)14-7-3-2-4-8-14/h2-4,7-8,11-13H,5-6,9-10H2,1H3,(H,22,23,24). The number of carbonyl (C=O) groups excluding carboxylic acids is 1. The highest BCUT2D eigenvalue weighted by atomic mass is 16.5. The molecule has 1 N–H and O–H groups in total. The molecule has 25 heavy (non-hydrogen) atoms. The number of amides is 1. The van der Waals surface area contributed by atoms with Gasteiger partial charge in [-0.15, -0.1) is 0 Å². The summed E-state index contributed by atoms with van der Waals surface area (Å²) in [5.41, 5.74) is 4.70. The quantitative estimate of drug-likeness (QED) is 0.774. The van der Waals surface area contributed by atoms with E-state index >= 15 is 0 Å². The summed E-state index contributed by atoms with van der Waals surface area (Å²) in [6, 6.07) is 15.1. The van der Waals surface area contributed by atoms with Crippen LogP contribution in [0, 0.1) is 0 Å². The molecule has 0 saturated carbocycles. The molecule has 3 aromatic rings. The molecule has 1 aromatic heterocycles. The van der Waals surface area contributed by atoms with Gasteiger partial charge >= 0.3 is 0 Å². The summed E-state index contributed by atoms with van der Waals surface area (Å²) in [5.74, 6) is 0.670. The van der Waals surface area contributed by atoms with Crippen LogP contribution in [-0.2, 0) is 12.8 Å². The van der Waals surface area contributed by atoms with Gasteiger partial charge in [0.2, 0.25) is 0 Å². The summed E-state index contributed by atoms with van der Waals surface area (Å²) in [6.07, 6.45) is 4.18. The van der Waals surface area contributed by atoms with E-state index in [0.29, 0.717) is 5.56 Å². The minimum absolute atomic E-state index is 0.0938. The number of aryl methyl sites for hydroxylation is 1. The Bertz CT molecular complexity index is 936. The fourth-order valence-corrected chi connectivity index (χ4v) is 3.45. The van der Waals surface area contributed by atoms with E-state index in [-0.39, 0.29) is 5.91 Å². The summed E-state index contributed by atoms with van der Waals surface area (Å²) in [7, 11) is 1.65. The van der Waals surface area contributed by atoms with Crippen molar-refractivity contribution in [2.75, 3.05) is 12.4 Å². The first-order valence-corrected chi connectivity index (χ1v) is 8.62. The molecule has 0 bridgehead atoms. The molecule has 126 valence electrons. The molecule has 0 radical (unpaired) electrons. The third-order valence-electron chi connectivity index (χ3n) is 4.74. The van der Waals surface area contributed by atoms with Gasteiger partial charge in [0.05, 0.1) is 18.3 Å². The maximum absolute atomic E-state index is 12.7. The summed E-state index contributed by atoms with van der Waals surface area (Å²) in [5, 5.41) is 4.08. The van der Waals surface area contributed by atoms with E-state index in [1.807, 2.05) is 48.5 Å². The van der Waals surface area contributed by atoms with Gasteiger partial charge in [0.15, 0.2) is 0 Å². The highest BCUT2D eigenvalue weighted by Gasteiger charge is 2.20. The molecule has 0 unspecified atom stereocenters. The van der Waals surface area contributed by atoms with Gasteiger partial charge in [-0.25, -0.2) is 0 Å². The molecule has 0 spiro atoms. The number of benzene rings is 2. The number of carbonyl (C=O) groups is 1. The van der Waals surface area contributed by atoms with Gasteiger partial charge in [-0.1, -0.05) is 18.2 Å². The molecule has 4 heteroatoms. The van der Waals surface area contributed by atoms with Gasteiger partial charge in [0, 0.05) is 16.6 Å². The second kappa shape index (κ2) is 6.55. The highest BCUT2D eigenvalue weighted by molar-refractivity contribution is 6.09. The fourth-order valence-electron chi connectivity index (χ4n) is 3.45. The molecule has 0 saturated heterocycles. The number of methoxy groups -OCH3 is 1. The van der Waals surface area contributed by atoms with Crippen molar-refractivity contribution in [3.05, 3.63) is 65.4 Å². The Labute approximate surface area is 146 Å². The zero-order valence-electron chi connectivity index (χ0n) is 14.2. The molecule has 1 aliphatic rings. The van der Waals surface area contributed by atoms with Crippen LogP contribution in [0.1, 0.15) is 34.5 Å². The number of anilines is 1. The minimum Gasteiger partial charge on any atom is -0.497 e. The number of hydrogen-bond donors (Lipinski definition) is 1. The molecular weight excluding hydrogens is 312 g/mol. The third-order valence-corrected chi connectivity index (χ3v) is 4.74. The van der Waals surface area contributed by atoms with Gasteiger partial charge < -0.3 is 10.1 Å². The monoisotopic (exact) mass is 332 g/mol. The van der Waals surface area contributed by atoms with Crippen LogP contribution in [0.3, 0.4) is 0 Å². The van der Waals surface area contributed by atoms with Crippen molar-refractivity contribution in [2.24, 2.45) is 0 Å². The normalized spacial score (nSPS) is 13.3. The van der Waals surface area contributed by atoms with Crippen LogP contribution < -0.4 is 10.1 Å². The molecule has 1 heterocycles. The Morgan fingerprint density at radius 1 is 1.08 bits per heavy atom. The smallest absolute Gasteiger partial charge is 0.255 e. The Kier molecular flexibility index (Phi) is 4.10. The number of rotatable bonds is 3. The lowest BCUT2D eigenvalue weighted by molar-refractivity contribution is 0.102. The molecule has 0 aliphatic heterocycles. The molecule has 0 atom stereocenters. The Morgan fingerprint density at radius 3 is 2.68 bits per heavy atom. The van der Waals surface area contributed by atoms with Crippen LogP contribution in [0.25, 0.3) is 10.9 Å². The van der Waals surface area contributed by atoms with E-state index in [1.165, 1.54) is 0 Å². The van der Waals surface area contributed by atoms with E-state index in [0.717, 1.165) is 59.3 Å². The first kappa shape index (κ1) is 15.6. The number of nitrogens with one attached hydrogen (secondary N) is 1. The van der Waals surface area contributed by atoms with Crippen molar-refractivity contribution >= 4 is 22.5 Å². The van der Waals surface area contributed by atoms with Crippen molar-refractivity contribution in [1.82, 2.24) is 4.98 Å². The average molecular weight is 332 g/mol. The lowest BCUT2D eigenvalue weighted by atomic mass is 9.92. The summed E-state index contributed by atoms with van der Waals surface area (Å²) in [6.45, 7) is 0. The van der Waals surface area contributed by atoms with E-state index < -0.39 is 0 Å². The molecule has 4 nitrogen and oxygen atoms in total. The number of fused-ring (bicyclic) bond motifs is 2. The molecular formula is C21H20N2O2. The maximum Gasteiger partial charge on any atom is 0.255 e. The van der Waals surface area contributed by atoms with Crippen LogP contribution in [0.5, 0.6) is 5.75 Å². The molecule has 1 amide bonds. The van der Waals surface area contributed by atoms with E-state index in [9.17, 15) is 4.79 Å². The van der Waals surface area contributed by atoms with Gasteiger partial charge in [-0.2, -0.15) is 0 Å². The first-order chi connectivity index (χ1) is 12.3. The van der Waals surface area contributed by atoms with Crippen molar-refractivity contribution in [2.45, 2.75) is 25.7 Å². The number of aromatic nitrogens is 1. The maximum atomic E-state index is 12.7. The summed E-state index contributed by atoms with van der Waals surface area (Å²) < 4.78 is 5.37. The predicted octanol–water partition coefficient (Wildman–Crippen LogP) is 4.37. The number of nitrogens with zero attached hydrogens (tertiary/aromatic N) is 1. The summed E-state index contributed by atoms with van der Waals surface area (Å²) >= 11 is 0. The number of ether oxygens (including phenoxy) is 1. The SMILES string of the molecule is COc1ccc2nc3c(c(NC(=O)c4ccccc4)c2c1)CCCC3. The largest absolute Gasteiger partial charge is 0.497 e. The van der Waals surface area contributed by atoms with Gasteiger partial charge in [0.1, 0.15) is 5.75 Å². The Hall–Kier alpha value is -2.88. The van der Waals surface area contributed by atoms with Gasteiger partial charge in [-0.3, -0.25) is 9.78 Å². The molecule has 2 aromatic carbocycles. The van der Waals surface area contributed by atoms with Crippen LogP contribution in [0.2, 0.25) is 0 Å². The zero-order valence-corrected chi connectivity index (χ0v) is 14.2. The molecule has 1 aliphatic carbocycles. The topological polar surface area (TPSA) is 51.2 Å². The van der Waals surface area contributed by atoms with Crippen molar-refractivity contribution in [3.8, 4) is 5.75 Å². The van der Waals surface area contributed by atoms with Crippen molar-refractivity contribution in [3.63, 3.8) is 0 Å². The fraction of sp³-hybridized carbons (Fsp3) is 0.238. The second-order valence-electron chi connectivity index (χ2n) is 6.32. The highest BCUT2D eigenvalue weighted by Crippen LogP contribution is 2.35. The van der Waals surface area contributed by atoms with E-state index in [2.05, 4.69) is 5.32 Å². The van der Waals surface area contributed by atoms with E-state index in [4.69, 9.17) is 9.72 Å². The Balaban J connectivity index is 1.86.